The smallest absolute Gasteiger partial charge is 0.423 e. The minimum atomic E-state index is -1.50. The molecule has 0 saturated heterocycles. The van der Waals surface area contributed by atoms with Crippen LogP contribution in [0.5, 0.6) is 0 Å². The third-order valence-corrected chi connectivity index (χ3v) is 4.26. The van der Waals surface area contributed by atoms with E-state index in [4.69, 9.17) is 0 Å². The van der Waals surface area contributed by atoms with Crippen molar-refractivity contribution in [3.8, 4) is 11.1 Å². The summed E-state index contributed by atoms with van der Waals surface area (Å²) in [6, 6.07) is 26.1. The molecule has 0 saturated carbocycles. The molecular formula is C20H15BO2. The van der Waals surface area contributed by atoms with E-state index in [1.165, 1.54) is 0 Å². The Bertz CT molecular complexity index is 994. The first-order chi connectivity index (χ1) is 11.3. The van der Waals surface area contributed by atoms with E-state index >= 15 is 0 Å². The summed E-state index contributed by atoms with van der Waals surface area (Å²) < 4.78 is 0. The fourth-order valence-electron chi connectivity index (χ4n) is 3.27. The second kappa shape index (κ2) is 5.54. The van der Waals surface area contributed by atoms with Crippen LogP contribution < -0.4 is 5.46 Å². The molecule has 4 aromatic rings. The highest BCUT2D eigenvalue weighted by molar-refractivity contribution is 6.62. The van der Waals surface area contributed by atoms with Crippen molar-refractivity contribution in [1.82, 2.24) is 0 Å². The lowest BCUT2D eigenvalue weighted by Crippen LogP contribution is -2.30. The summed E-state index contributed by atoms with van der Waals surface area (Å²) in [5, 5.41) is 23.8. The summed E-state index contributed by atoms with van der Waals surface area (Å²) in [5.74, 6) is 0. The van der Waals surface area contributed by atoms with Crippen LogP contribution in [0.25, 0.3) is 32.7 Å². The van der Waals surface area contributed by atoms with Crippen LogP contribution in [0.3, 0.4) is 0 Å². The number of fused-ring (bicyclic) bond motifs is 2. The maximum absolute atomic E-state index is 9.82. The summed E-state index contributed by atoms with van der Waals surface area (Å²) in [7, 11) is -1.50. The highest BCUT2D eigenvalue weighted by Crippen LogP contribution is 2.35. The molecule has 0 spiro atoms. The van der Waals surface area contributed by atoms with Crippen molar-refractivity contribution in [2.45, 2.75) is 0 Å². The zero-order valence-corrected chi connectivity index (χ0v) is 12.5. The van der Waals surface area contributed by atoms with Gasteiger partial charge in [0.05, 0.1) is 0 Å². The largest absolute Gasteiger partial charge is 0.489 e. The van der Waals surface area contributed by atoms with Gasteiger partial charge in [0.1, 0.15) is 0 Å². The van der Waals surface area contributed by atoms with Crippen LogP contribution in [0.1, 0.15) is 0 Å². The Hall–Kier alpha value is -2.62. The second-order valence-electron chi connectivity index (χ2n) is 5.66. The van der Waals surface area contributed by atoms with Gasteiger partial charge in [0.25, 0.3) is 0 Å². The van der Waals surface area contributed by atoms with Crippen LogP contribution in [0.15, 0.2) is 78.9 Å². The number of hydrogen-bond acceptors (Lipinski definition) is 2. The Morgan fingerprint density at radius 3 is 2.13 bits per heavy atom. The van der Waals surface area contributed by atoms with E-state index in [0.717, 1.165) is 32.7 Å². The van der Waals surface area contributed by atoms with Crippen LogP contribution in [-0.2, 0) is 0 Å². The molecule has 0 radical (unpaired) electrons. The normalized spacial score (nSPS) is 11.0. The molecule has 23 heavy (non-hydrogen) atoms. The van der Waals surface area contributed by atoms with E-state index in [1.807, 2.05) is 42.5 Å². The van der Waals surface area contributed by atoms with Gasteiger partial charge in [0, 0.05) is 0 Å². The van der Waals surface area contributed by atoms with Crippen LogP contribution in [0.2, 0.25) is 0 Å². The van der Waals surface area contributed by atoms with E-state index in [-0.39, 0.29) is 0 Å². The van der Waals surface area contributed by atoms with Gasteiger partial charge in [-0.2, -0.15) is 0 Å². The summed E-state index contributed by atoms with van der Waals surface area (Å²) in [5.41, 5.74) is 2.65. The molecule has 0 fully saturated rings. The van der Waals surface area contributed by atoms with Gasteiger partial charge < -0.3 is 10.0 Å². The molecule has 0 aliphatic carbocycles. The molecule has 3 heteroatoms. The van der Waals surface area contributed by atoms with E-state index in [0.29, 0.717) is 5.46 Å². The molecule has 0 unspecified atom stereocenters. The standard InChI is InChI=1S/C20H15BO2/c22-21(23)18-12-6-10-16-13-15-9-4-5-11-17(15)19(20(16)18)14-7-2-1-3-8-14/h1-13,22-23H. The van der Waals surface area contributed by atoms with Gasteiger partial charge >= 0.3 is 7.12 Å². The van der Waals surface area contributed by atoms with Crippen LogP contribution in [0, 0.1) is 0 Å². The first kappa shape index (κ1) is 14.0. The minimum absolute atomic E-state index is 0.534. The van der Waals surface area contributed by atoms with Crippen LogP contribution in [0.4, 0.5) is 0 Å². The van der Waals surface area contributed by atoms with E-state index in [1.54, 1.807) is 6.07 Å². The fourth-order valence-corrected chi connectivity index (χ4v) is 3.27. The topological polar surface area (TPSA) is 40.5 Å². The molecule has 2 nitrogen and oxygen atoms in total. The monoisotopic (exact) mass is 298 g/mol. The minimum Gasteiger partial charge on any atom is -0.423 e. The highest BCUT2D eigenvalue weighted by Gasteiger charge is 2.19. The number of benzene rings is 4. The summed E-state index contributed by atoms with van der Waals surface area (Å²) in [6.07, 6.45) is 0. The first-order valence-corrected chi connectivity index (χ1v) is 7.61. The van der Waals surface area contributed by atoms with Gasteiger partial charge in [-0.1, -0.05) is 72.8 Å². The molecule has 0 aliphatic heterocycles. The van der Waals surface area contributed by atoms with Gasteiger partial charge in [-0.05, 0) is 44.2 Å². The van der Waals surface area contributed by atoms with Gasteiger partial charge in [-0.3, -0.25) is 0 Å². The summed E-state index contributed by atoms with van der Waals surface area (Å²) >= 11 is 0. The third kappa shape index (κ3) is 2.31. The molecular weight excluding hydrogens is 283 g/mol. The Labute approximate surface area is 134 Å². The van der Waals surface area contributed by atoms with Gasteiger partial charge in [-0.25, -0.2) is 0 Å². The molecule has 0 atom stereocenters. The maximum Gasteiger partial charge on any atom is 0.489 e. The van der Waals surface area contributed by atoms with Crippen molar-refractivity contribution in [3.05, 3.63) is 78.9 Å². The summed E-state index contributed by atoms with van der Waals surface area (Å²) in [6.45, 7) is 0. The average molecular weight is 298 g/mol. The third-order valence-electron chi connectivity index (χ3n) is 4.26. The van der Waals surface area contributed by atoms with E-state index < -0.39 is 7.12 Å². The quantitative estimate of drug-likeness (QED) is 0.440. The van der Waals surface area contributed by atoms with E-state index in [2.05, 4.69) is 30.3 Å². The van der Waals surface area contributed by atoms with Crippen molar-refractivity contribution in [2.24, 2.45) is 0 Å². The molecule has 4 rings (SSSR count). The molecule has 0 heterocycles. The predicted octanol–water partition coefficient (Wildman–Crippen LogP) is 3.34. The van der Waals surface area contributed by atoms with Crippen molar-refractivity contribution >= 4 is 34.1 Å². The number of rotatable bonds is 2. The average Bonchev–Trinajstić information content (AvgIpc) is 2.59. The number of hydrogen-bond donors (Lipinski definition) is 2. The van der Waals surface area contributed by atoms with E-state index in [9.17, 15) is 10.0 Å². The fraction of sp³-hybridized carbons (Fsp3) is 0. The zero-order chi connectivity index (χ0) is 15.8. The van der Waals surface area contributed by atoms with Crippen LogP contribution in [-0.4, -0.2) is 17.2 Å². The van der Waals surface area contributed by atoms with Crippen LogP contribution >= 0.6 is 0 Å². The highest BCUT2D eigenvalue weighted by atomic mass is 16.4. The molecule has 0 aromatic heterocycles. The molecule has 0 amide bonds. The van der Waals surface area contributed by atoms with Crippen molar-refractivity contribution in [3.63, 3.8) is 0 Å². The zero-order valence-electron chi connectivity index (χ0n) is 12.5. The molecule has 0 aliphatic rings. The molecule has 110 valence electrons. The maximum atomic E-state index is 9.82. The van der Waals surface area contributed by atoms with Gasteiger partial charge in [0.15, 0.2) is 0 Å². The lowest BCUT2D eigenvalue weighted by Gasteiger charge is -2.15. The first-order valence-electron chi connectivity index (χ1n) is 7.61. The Kier molecular flexibility index (Phi) is 3.38. The lowest BCUT2D eigenvalue weighted by atomic mass is 9.74. The molecule has 2 N–H and O–H groups in total. The SMILES string of the molecule is OB(O)c1cccc2cc3ccccc3c(-c3ccccc3)c12. The Balaban J connectivity index is 2.25. The molecule has 0 bridgehead atoms. The van der Waals surface area contributed by atoms with Crippen molar-refractivity contribution in [2.75, 3.05) is 0 Å². The molecule has 4 aromatic carbocycles. The van der Waals surface area contributed by atoms with Gasteiger partial charge in [0.2, 0.25) is 0 Å². The predicted molar refractivity (Wildman–Crippen MR) is 96.7 cm³/mol. The Morgan fingerprint density at radius 2 is 1.35 bits per heavy atom. The lowest BCUT2D eigenvalue weighted by molar-refractivity contribution is 0.426. The Morgan fingerprint density at radius 1 is 0.652 bits per heavy atom. The van der Waals surface area contributed by atoms with Gasteiger partial charge in [-0.15, -0.1) is 0 Å². The second-order valence-corrected chi connectivity index (χ2v) is 5.66. The summed E-state index contributed by atoms with van der Waals surface area (Å²) in [4.78, 5) is 0. The van der Waals surface area contributed by atoms with Crippen molar-refractivity contribution in [1.29, 1.82) is 0 Å². The van der Waals surface area contributed by atoms with Crippen molar-refractivity contribution < 1.29 is 10.0 Å².